The first-order chi connectivity index (χ1) is 5.11. The van der Waals surface area contributed by atoms with Gasteiger partial charge < -0.3 is 0 Å². The first-order valence-electron chi connectivity index (χ1n) is 4.19. The summed E-state index contributed by atoms with van der Waals surface area (Å²) in [5, 5.41) is 0. The van der Waals surface area contributed by atoms with Crippen LogP contribution in [0.5, 0.6) is 0 Å². The molecule has 0 fully saturated rings. The molecule has 0 aliphatic heterocycles. The summed E-state index contributed by atoms with van der Waals surface area (Å²) in [6.45, 7) is 9.10. The molecule has 62 valence electrons. The van der Waals surface area contributed by atoms with Gasteiger partial charge in [0.15, 0.2) is 0 Å². The minimum absolute atomic E-state index is 0.660. The zero-order valence-corrected chi connectivity index (χ0v) is 9.43. The summed E-state index contributed by atoms with van der Waals surface area (Å²) in [7, 11) is 0. The Morgan fingerprint density at radius 2 is 1.73 bits per heavy atom. The van der Waals surface area contributed by atoms with Crippen molar-refractivity contribution in [1.29, 1.82) is 0 Å². The Morgan fingerprint density at radius 3 is 2.00 bits per heavy atom. The molecular weight excluding hydrogens is 199 g/mol. The summed E-state index contributed by atoms with van der Waals surface area (Å²) in [5.74, 6) is 1.47. The van der Waals surface area contributed by atoms with Gasteiger partial charge in [0.05, 0.1) is 0 Å². The van der Waals surface area contributed by atoms with Crippen LogP contribution in [0.15, 0.2) is 11.0 Å². The summed E-state index contributed by atoms with van der Waals surface area (Å²) in [6.07, 6.45) is 0. The van der Waals surface area contributed by atoms with Crippen LogP contribution in [0.4, 0.5) is 0 Å². The molecule has 0 N–H and O–H groups in total. The predicted molar refractivity (Wildman–Crippen MR) is 51.6 cm³/mol. The van der Waals surface area contributed by atoms with Crippen LogP contribution in [0, 0.1) is 0 Å². The topological polar surface area (TPSA) is 0 Å². The second-order valence-electron chi connectivity index (χ2n) is 3.59. The average Bonchev–Trinajstić information content (AvgIpc) is 2.33. The Kier molecular flexibility index (Phi) is 2.97. The van der Waals surface area contributed by atoms with E-state index < -0.39 is 0 Å². The molecule has 0 nitrogen and oxygen atoms in total. The summed E-state index contributed by atoms with van der Waals surface area (Å²) in [5.41, 5.74) is 1.55. The van der Waals surface area contributed by atoms with E-state index in [1.54, 1.807) is 10.0 Å². The van der Waals surface area contributed by atoms with E-state index in [4.69, 9.17) is 0 Å². The standard InChI is InChI=1S/C10H16Se/c1-7(2)9-5-10(8(3)4)11-6-9/h5-8H,1-4H3. The van der Waals surface area contributed by atoms with Crippen LogP contribution in [-0.4, -0.2) is 14.5 Å². The Labute approximate surface area is 75.4 Å². The Bertz CT molecular complexity index is 198. The van der Waals surface area contributed by atoms with Crippen molar-refractivity contribution in [2.75, 3.05) is 0 Å². The van der Waals surface area contributed by atoms with E-state index in [9.17, 15) is 0 Å². The molecule has 0 aliphatic rings. The molecule has 0 radical (unpaired) electrons. The van der Waals surface area contributed by atoms with Gasteiger partial charge in [-0.3, -0.25) is 0 Å². The van der Waals surface area contributed by atoms with Crippen molar-refractivity contribution in [3.8, 4) is 0 Å². The number of rotatable bonds is 2. The molecule has 0 spiro atoms. The molecule has 0 bridgehead atoms. The van der Waals surface area contributed by atoms with Crippen molar-refractivity contribution in [3.05, 3.63) is 21.0 Å². The van der Waals surface area contributed by atoms with Crippen LogP contribution in [0.2, 0.25) is 0 Å². The van der Waals surface area contributed by atoms with E-state index in [0.29, 0.717) is 20.4 Å². The summed E-state index contributed by atoms with van der Waals surface area (Å²) in [4.78, 5) is 2.42. The fourth-order valence-electron chi connectivity index (χ4n) is 0.974. The van der Waals surface area contributed by atoms with Crippen LogP contribution in [0.1, 0.15) is 49.5 Å². The average molecular weight is 215 g/mol. The molecule has 1 aromatic heterocycles. The fourth-order valence-corrected chi connectivity index (χ4v) is 3.26. The quantitative estimate of drug-likeness (QED) is 0.665. The van der Waals surface area contributed by atoms with Gasteiger partial charge in [0.25, 0.3) is 0 Å². The summed E-state index contributed by atoms with van der Waals surface area (Å²) in [6, 6.07) is 2.40. The van der Waals surface area contributed by atoms with Crippen molar-refractivity contribution in [2.24, 2.45) is 0 Å². The van der Waals surface area contributed by atoms with Gasteiger partial charge in [0.1, 0.15) is 0 Å². The first-order valence-corrected chi connectivity index (χ1v) is 6.04. The number of hydrogen-bond acceptors (Lipinski definition) is 0. The third-order valence-corrected chi connectivity index (χ3v) is 4.50. The van der Waals surface area contributed by atoms with Crippen molar-refractivity contribution < 1.29 is 0 Å². The van der Waals surface area contributed by atoms with Gasteiger partial charge >= 0.3 is 75.0 Å². The van der Waals surface area contributed by atoms with Crippen molar-refractivity contribution in [1.82, 2.24) is 0 Å². The van der Waals surface area contributed by atoms with Crippen molar-refractivity contribution >= 4 is 14.5 Å². The molecule has 0 saturated carbocycles. The monoisotopic (exact) mass is 216 g/mol. The molecule has 1 heterocycles. The molecule has 0 aromatic carbocycles. The Hall–Kier alpha value is -0.000519. The molecule has 0 amide bonds. The normalized spacial score (nSPS) is 11.5. The molecule has 1 rings (SSSR count). The SMILES string of the molecule is CC(C)c1c[se]c(C(C)C)c1. The Morgan fingerprint density at radius 1 is 1.09 bits per heavy atom. The van der Waals surface area contributed by atoms with E-state index in [1.165, 1.54) is 0 Å². The van der Waals surface area contributed by atoms with Crippen LogP contribution in [-0.2, 0) is 0 Å². The van der Waals surface area contributed by atoms with Gasteiger partial charge in [0.2, 0.25) is 0 Å². The zero-order chi connectivity index (χ0) is 8.43. The van der Waals surface area contributed by atoms with Gasteiger partial charge in [-0.1, -0.05) is 0 Å². The van der Waals surface area contributed by atoms with Crippen LogP contribution >= 0.6 is 0 Å². The molecule has 11 heavy (non-hydrogen) atoms. The van der Waals surface area contributed by atoms with Gasteiger partial charge in [-0.05, 0) is 0 Å². The van der Waals surface area contributed by atoms with Gasteiger partial charge in [-0.15, -0.1) is 0 Å². The molecule has 0 saturated heterocycles. The third kappa shape index (κ3) is 2.21. The molecule has 1 aromatic rings. The molecule has 0 atom stereocenters. The van der Waals surface area contributed by atoms with Crippen LogP contribution in [0.25, 0.3) is 0 Å². The Balaban J connectivity index is 2.82. The summed E-state index contributed by atoms with van der Waals surface area (Å²) >= 11 is 0.660. The predicted octanol–water partition coefficient (Wildman–Crippen LogP) is 2.99. The first kappa shape index (κ1) is 9.09. The van der Waals surface area contributed by atoms with E-state index >= 15 is 0 Å². The van der Waals surface area contributed by atoms with Gasteiger partial charge in [-0.25, -0.2) is 0 Å². The van der Waals surface area contributed by atoms with Crippen LogP contribution < -0.4 is 0 Å². The maximum atomic E-state index is 2.42. The third-order valence-electron chi connectivity index (χ3n) is 1.88. The molecule has 0 aliphatic carbocycles. The van der Waals surface area contributed by atoms with E-state index in [0.717, 1.165) is 5.92 Å². The van der Waals surface area contributed by atoms with Crippen molar-refractivity contribution in [2.45, 2.75) is 39.5 Å². The van der Waals surface area contributed by atoms with E-state index in [1.807, 2.05) is 0 Å². The van der Waals surface area contributed by atoms with Gasteiger partial charge in [0, 0.05) is 0 Å². The van der Waals surface area contributed by atoms with Gasteiger partial charge in [-0.2, -0.15) is 0 Å². The zero-order valence-electron chi connectivity index (χ0n) is 7.72. The molecular formula is C10H16Se. The molecule has 0 unspecified atom stereocenters. The second-order valence-corrected chi connectivity index (χ2v) is 5.57. The molecule has 1 heteroatoms. The van der Waals surface area contributed by atoms with E-state index in [-0.39, 0.29) is 0 Å². The van der Waals surface area contributed by atoms with Crippen molar-refractivity contribution in [3.63, 3.8) is 0 Å². The van der Waals surface area contributed by atoms with Crippen LogP contribution in [0.3, 0.4) is 0 Å². The van der Waals surface area contributed by atoms with E-state index in [2.05, 4.69) is 38.7 Å². The summed E-state index contributed by atoms with van der Waals surface area (Å²) < 4.78 is 1.65. The minimum atomic E-state index is 0.660. The second kappa shape index (κ2) is 3.60. The number of hydrogen-bond donors (Lipinski definition) is 0. The fraction of sp³-hybridized carbons (Fsp3) is 0.600. The maximum absolute atomic E-state index is 2.42.